The molecule has 0 aliphatic heterocycles. The number of aliphatic hydroxyl groups is 2. The number of hydrogen-bond donors (Lipinski definition) is 3. The quantitative estimate of drug-likeness (QED) is 0.281. The summed E-state index contributed by atoms with van der Waals surface area (Å²) in [5.74, 6) is 1.49. The summed E-state index contributed by atoms with van der Waals surface area (Å²) in [5, 5.41) is 25.7. The molecule has 1 heterocycles. The van der Waals surface area contributed by atoms with Crippen LogP contribution in [-0.2, 0) is 17.8 Å². The maximum atomic E-state index is 11.2. The summed E-state index contributed by atoms with van der Waals surface area (Å²) in [4.78, 5) is 18.3. The summed E-state index contributed by atoms with van der Waals surface area (Å²) < 4.78 is 11.7. The van der Waals surface area contributed by atoms with Gasteiger partial charge in [0.25, 0.3) is 5.89 Å². The lowest BCUT2D eigenvalue weighted by Gasteiger charge is -2.17. The molecule has 3 N–H and O–H groups in total. The van der Waals surface area contributed by atoms with E-state index in [4.69, 9.17) is 19.4 Å². The minimum Gasteiger partial charge on any atom is -0.490 e. The predicted octanol–water partition coefficient (Wildman–Crippen LogP) is 4.09. The maximum Gasteiger partial charge on any atom is 0.258 e. The van der Waals surface area contributed by atoms with Gasteiger partial charge in [0.1, 0.15) is 25.1 Å². The Hall–Kier alpha value is -3.27. The third-order valence-electron chi connectivity index (χ3n) is 6.50. The van der Waals surface area contributed by atoms with Crippen LogP contribution in [0, 0.1) is 6.92 Å². The van der Waals surface area contributed by atoms with Gasteiger partial charge < -0.3 is 29.7 Å². The first-order valence-electron chi connectivity index (χ1n) is 13.6. The zero-order valence-electron chi connectivity index (χ0n) is 24.0. The summed E-state index contributed by atoms with van der Waals surface area (Å²) in [5.41, 5.74) is 6.02. The minimum atomic E-state index is -0.905. The first-order chi connectivity index (χ1) is 18.6. The highest BCUT2D eigenvalue weighted by molar-refractivity contribution is 5.76. The summed E-state index contributed by atoms with van der Waals surface area (Å²) in [6.45, 7) is 11.8. The van der Waals surface area contributed by atoms with Gasteiger partial charge in [-0.25, -0.2) is 0 Å². The molecule has 212 valence electrons. The van der Waals surface area contributed by atoms with Crippen molar-refractivity contribution in [2.24, 2.45) is 0 Å². The molecule has 0 spiro atoms. The molecule has 0 aliphatic rings. The Bertz CT molecular complexity index is 1240. The fourth-order valence-electron chi connectivity index (χ4n) is 4.47. The van der Waals surface area contributed by atoms with E-state index < -0.39 is 18.6 Å². The number of carbonyl (C=O) groups is 1. The van der Waals surface area contributed by atoms with Crippen LogP contribution in [0.25, 0.3) is 22.8 Å². The lowest BCUT2D eigenvalue weighted by Crippen LogP contribution is -2.36. The molecular formula is C30H42N4O5. The lowest BCUT2D eigenvalue weighted by atomic mass is 9.97. The minimum absolute atomic E-state index is 0.00175. The third kappa shape index (κ3) is 8.36. The van der Waals surface area contributed by atoms with E-state index >= 15 is 0 Å². The SMILES string of the molecule is CCCN(C)Cc1cc(-c2nc(-c3cc(C)c(OC[C@@H](O)CNC(=O)CO)c(CC)c3)no2)cc(C(C)C)c1. The fourth-order valence-corrected chi connectivity index (χ4v) is 4.47. The topological polar surface area (TPSA) is 121 Å². The van der Waals surface area contributed by atoms with E-state index in [2.05, 4.69) is 61.4 Å². The Kier molecular flexibility index (Phi) is 11.0. The van der Waals surface area contributed by atoms with Crippen LogP contribution in [0.1, 0.15) is 62.3 Å². The Balaban J connectivity index is 1.83. The number of nitrogens with zero attached hydrogens (tertiary/aromatic N) is 3. The Morgan fingerprint density at radius 2 is 1.92 bits per heavy atom. The fraction of sp³-hybridized carbons (Fsp3) is 0.500. The van der Waals surface area contributed by atoms with E-state index in [9.17, 15) is 9.90 Å². The van der Waals surface area contributed by atoms with Crippen LogP contribution in [0.15, 0.2) is 34.9 Å². The summed E-state index contributed by atoms with van der Waals surface area (Å²) >= 11 is 0. The zero-order valence-corrected chi connectivity index (χ0v) is 24.0. The molecule has 39 heavy (non-hydrogen) atoms. The molecule has 3 aromatic rings. The van der Waals surface area contributed by atoms with Crippen molar-refractivity contribution in [1.29, 1.82) is 0 Å². The van der Waals surface area contributed by atoms with Crippen molar-refractivity contribution in [2.75, 3.05) is 33.4 Å². The number of aliphatic hydroxyl groups excluding tert-OH is 2. The van der Waals surface area contributed by atoms with Crippen LogP contribution in [0.4, 0.5) is 0 Å². The van der Waals surface area contributed by atoms with Crippen molar-refractivity contribution >= 4 is 5.91 Å². The molecule has 0 aliphatic carbocycles. The van der Waals surface area contributed by atoms with Crippen molar-refractivity contribution in [3.8, 4) is 28.6 Å². The molecule has 9 heteroatoms. The van der Waals surface area contributed by atoms with Gasteiger partial charge in [-0.15, -0.1) is 0 Å². The predicted molar refractivity (Wildman–Crippen MR) is 152 cm³/mol. The van der Waals surface area contributed by atoms with Crippen molar-refractivity contribution < 1.29 is 24.3 Å². The van der Waals surface area contributed by atoms with Crippen molar-refractivity contribution in [1.82, 2.24) is 20.4 Å². The van der Waals surface area contributed by atoms with Crippen LogP contribution < -0.4 is 10.1 Å². The summed E-state index contributed by atoms with van der Waals surface area (Å²) in [6, 6.07) is 10.4. The van der Waals surface area contributed by atoms with E-state index in [0.717, 1.165) is 41.8 Å². The second-order valence-corrected chi connectivity index (χ2v) is 10.3. The number of nitrogens with one attached hydrogen (secondary N) is 1. The molecule has 1 atom stereocenters. The summed E-state index contributed by atoms with van der Waals surface area (Å²) in [7, 11) is 2.13. The number of amides is 1. The molecule has 2 aromatic carbocycles. The molecule has 0 saturated carbocycles. The third-order valence-corrected chi connectivity index (χ3v) is 6.50. The van der Waals surface area contributed by atoms with Gasteiger partial charge in [-0.2, -0.15) is 4.98 Å². The maximum absolute atomic E-state index is 11.2. The molecule has 9 nitrogen and oxygen atoms in total. The Morgan fingerprint density at radius 1 is 1.15 bits per heavy atom. The molecule has 0 saturated heterocycles. The van der Waals surface area contributed by atoms with Gasteiger partial charge in [-0.05, 0) is 85.8 Å². The lowest BCUT2D eigenvalue weighted by molar-refractivity contribution is -0.124. The second kappa shape index (κ2) is 14.2. The number of benzene rings is 2. The van der Waals surface area contributed by atoms with E-state index in [1.54, 1.807) is 0 Å². The van der Waals surface area contributed by atoms with E-state index in [1.165, 1.54) is 11.1 Å². The zero-order chi connectivity index (χ0) is 28.5. The normalized spacial score (nSPS) is 12.3. The van der Waals surface area contributed by atoms with Gasteiger partial charge in [0.15, 0.2) is 0 Å². The first kappa shape index (κ1) is 30.3. The Labute approximate surface area is 231 Å². The number of aromatic nitrogens is 2. The van der Waals surface area contributed by atoms with Gasteiger partial charge in [0.05, 0.1) is 0 Å². The molecule has 0 bridgehead atoms. The molecule has 1 aromatic heterocycles. The monoisotopic (exact) mass is 538 g/mol. The van der Waals surface area contributed by atoms with Crippen LogP contribution in [-0.4, -0.2) is 70.6 Å². The highest BCUT2D eigenvalue weighted by Gasteiger charge is 2.18. The number of hydrogen-bond acceptors (Lipinski definition) is 8. The smallest absolute Gasteiger partial charge is 0.258 e. The van der Waals surface area contributed by atoms with Gasteiger partial charge in [-0.3, -0.25) is 4.79 Å². The molecular weight excluding hydrogens is 496 g/mol. The van der Waals surface area contributed by atoms with E-state index in [-0.39, 0.29) is 13.2 Å². The van der Waals surface area contributed by atoms with Crippen molar-refractivity contribution in [3.05, 3.63) is 52.6 Å². The van der Waals surface area contributed by atoms with Crippen LogP contribution in [0.3, 0.4) is 0 Å². The molecule has 0 radical (unpaired) electrons. The largest absolute Gasteiger partial charge is 0.490 e. The second-order valence-electron chi connectivity index (χ2n) is 10.3. The number of rotatable bonds is 14. The van der Waals surface area contributed by atoms with Gasteiger partial charge in [0.2, 0.25) is 11.7 Å². The van der Waals surface area contributed by atoms with E-state index in [0.29, 0.717) is 29.8 Å². The molecule has 0 unspecified atom stereocenters. The first-order valence-corrected chi connectivity index (χ1v) is 13.6. The molecule has 1 amide bonds. The average molecular weight is 539 g/mol. The van der Waals surface area contributed by atoms with Crippen LogP contribution >= 0.6 is 0 Å². The van der Waals surface area contributed by atoms with Crippen molar-refractivity contribution in [3.63, 3.8) is 0 Å². The Morgan fingerprint density at radius 3 is 2.59 bits per heavy atom. The van der Waals surface area contributed by atoms with Gasteiger partial charge >= 0.3 is 0 Å². The number of aryl methyl sites for hydroxylation is 2. The highest BCUT2D eigenvalue weighted by Crippen LogP contribution is 2.32. The number of carbonyl (C=O) groups excluding carboxylic acids is 1. The average Bonchev–Trinajstić information content (AvgIpc) is 3.41. The van der Waals surface area contributed by atoms with Crippen molar-refractivity contribution in [2.45, 2.75) is 66.0 Å². The van der Waals surface area contributed by atoms with Crippen LogP contribution in [0.2, 0.25) is 0 Å². The standard InChI is InChI=1S/C30H42N4O5/c1-7-9-34(6)16-21-11-23(19(3)4)14-25(12-21)30-32-29(33-39-30)24-10-20(5)28(22(8-2)13-24)38-18-26(36)15-31-27(37)17-35/h10-14,19,26,35-36H,7-9,15-18H2,1-6H3,(H,31,37)/t26-/m0/s1. The van der Waals surface area contributed by atoms with E-state index in [1.807, 2.05) is 26.0 Å². The van der Waals surface area contributed by atoms with Gasteiger partial charge in [-0.1, -0.05) is 38.9 Å². The summed E-state index contributed by atoms with van der Waals surface area (Å²) in [6.07, 6.45) is 0.904. The van der Waals surface area contributed by atoms with Crippen LogP contribution in [0.5, 0.6) is 5.75 Å². The highest BCUT2D eigenvalue weighted by atomic mass is 16.5. The number of ether oxygens (including phenoxy) is 1. The molecule has 0 fully saturated rings. The molecule has 3 rings (SSSR count). The van der Waals surface area contributed by atoms with Gasteiger partial charge in [0, 0.05) is 24.2 Å².